The molecule has 1 aromatic heterocycles. The molecule has 0 aliphatic carbocycles. The summed E-state index contributed by atoms with van der Waals surface area (Å²) in [6, 6.07) is 10.2. The van der Waals surface area contributed by atoms with Crippen LogP contribution < -0.4 is 0 Å². The van der Waals surface area contributed by atoms with Crippen molar-refractivity contribution < 1.29 is 4.79 Å². The molecule has 0 spiro atoms. The van der Waals surface area contributed by atoms with Gasteiger partial charge in [-0.25, -0.2) is 0 Å². The van der Waals surface area contributed by atoms with Crippen molar-refractivity contribution in [2.45, 2.75) is 48.5 Å². The number of carbonyl (C=O) groups excluding carboxylic acids is 1. The molecule has 0 N–H and O–H groups in total. The SMILES string of the molecule is CC.CC.Cc1nc(C)c(/C=C/C=O)c(-c2ccccc2)c1C. The highest BCUT2D eigenvalue weighted by atomic mass is 16.1. The Hall–Kier alpha value is -2.22. The van der Waals surface area contributed by atoms with Crippen LogP contribution in [-0.4, -0.2) is 11.3 Å². The molecule has 2 heteroatoms. The fraction of sp³-hybridized carbons (Fsp3) is 0.333. The van der Waals surface area contributed by atoms with Crippen LogP contribution in [0.1, 0.15) is 50.2 Å². The van der Waals surface area contributed by atoms with Crippen molar-refractivity contribution in [3.63, 3.8) is 0 Å². The second-order valence-electron chi connectivity index (χ2n) is 4.56. The lowest BCUT2D eigenvalue weighted by atomic mass is 9.93. The number of aldehydes is 1. The van der Waals surface area contributed by atoms with E-state index in [4.69, 9.17) is 0 Å². The minimum Gasteiger partial charge on any atom is -0.299 e. The minimum atomic E-state index is 0.795. The molecular weight excluding hydrogens is 282 g/mol. The van der Waals surface area contributed by atoms with Crippen LogP contribution in [0.15, 0.2) is 36.4 Å². The van der Waals surface area contributed by atoms with Gasteiger partial charge in [0.2, 0.25) is 0 Å². The van der Waals surface area contributed by atoms with Gasteiger partial charge in [0.05, 0.1) is 0 Å². The number of hydrogen-bond acceptors (Lipinski definition) is 2. The molecule has 0 fully saturated rings. The van der Waals surface area contributed by atoms with Crippen molar-refractivity contribution in [2.24, 2.45) is 0 Å². The number of aryl methyl sites for hydroxylation is 2. The first-order valence-corrected chi connectivity index (χ1v) is 8.30. The number of benzene rings is 1. The normalized spacial score (nSPS) is 9.52. The van der Waals surface area contributed by atoms with Gasteiger partial charge in [-0.1, -0.05) is 58.0 Å². The fourth-order valence-corrected chi connectivity index (χ4v) is 2.28. The molecule has 23 heavy (non-hydrogen) atoms. The first-order chi connectivity index (χ1) is 11.1. The summed E-state index contributed by atoms with van der Waals surface area (Å²) in [7, 11) is 0. The van der Waals surface area contributed by atoms with E-state index >= 15 is 0 Å². The Morgan fingerprint density at radius 2 is 1.43 bits per heavy atom. The Labute approximate surface area is 141 Å². The average Bonchev–Trinajstić information content (AvgIpc) is 2.61. The molecular formula is C21H29NO. The highest BCUT2D eigenvalue weighted by Gasteiger charge is 2.12. The maximum absolute atomic E-state index is 10.6. The Bertz CT molecular complexity index is 628. The molecule has 1 heterocycles. The van der Waals surface area contributed by atoms with Crippen LogP contribution in [0.2, 0.25) is 0 Å². The molecule has 124 valence electrons. The van der Waals surface area contributed by atoms with Crippen LogP contribution in [-0.2, 0) is 4.79 Å². The van der Waals surface area contributed by atoms with Gasteiger partial charge in [-0.2, -0.15) is 0 Å². The molecule has 0 aliphatic heterocycles. The molecule has 2 rings (SSSR count). The number of hydrogen-bond donors (Lipinski definition) is 0. The summed E-state index contributed by atoms with van der Waals surface area (Å²) in [5.41, 5.74) is 6.45. The molecule has 0 aliphatic rings. The summed E-state index contributed by atoms with van der Waals surface area (Å²) in [4.78, 5) is 15.1. The van der Waals surface area contributed by atoms with Gasteiger partial charge in [-0.3, -0.25) is 9.78 Å². The smallest absolute Gasteiger partial charge is 0.142 e. The largest absolute Gasteiger partial charge is 0.299 e. The van der Waals surface area contributed by atoms with E-state index in [-0.39, 0.29) is 0 Å². The van der Waals surface area contributed by atoms with Gasteiger partial charge in [0.25, 0.3) is 0 Å². The Balaban J connectivity index is 0.00000112. The maximum atomic E-state index is 10.6. The number of allylic oxidation sites excluding steroid dienone is 1. The van der Waals surface area contributed by atoms with Crippen molar-refractivity contribution in [2.75, 3.05) is 0 Å². The van der Waals surface area contributed by atoms with E-state index in [1.165, 1.54) is 6.08 Å². The third kappa shape index (κ3) is 5.48. The van der Waals surface area contributed by atoms with E-state index in [0.29, 0.717) is 0 Å². The Morgan fingerprint density at radius 3 is 1.96 bits per heavy atom. The van der Waals surface area contributed by atoms with Gasteiger partial charge in [-0.05, 0) is 49.6 Å². The zero-order chi connectivity index (χ0) is 17.8. The third-order valence-electron chi connectivity index (χ3n) is 3.32. The molecule has 0 radical (unpaired) electrons. The van der Waals surface area contributed by atoms with Gasteiger partial charge < -0.3 is 0 Å². The van der Waals surface area contributed by atoms with Gasteiger partial charge in [-0.15, -0.1) is 0 Å². The predicted molar refractivity (Wildman–Crippen MR) is 102 cm³/mol. The summed E-state index contributed by atoms with van der Waals surface area (Å²) < 4.78 is 0. The summed E-state index contributed by atoms with van der Waals surface area (Å²) >= 11 is 0. The van der Waals surface area contributed by atoms with E-state index in [9.17, 15) is 4.79 Å². The summed E-state index contributed by atoms with van der Waals surface area (Å²) in [6.07, 6.45) is 4.15. The number of pyridine rings is 1. The fourth-order valence-electron chi connectivity index (χ4n) is 2.28. The second kappa shape index (κ2) is 11.4. The molecule has 0 amide bonds. The molecule has 0 saturated heterocycles. The van der Waals surface area contributed by atoms with Crippen molar-refractivity contribution in [1.82, 2.24) is 4.98 Å². The second-order valence-corrected chi connectivity index (χ2v) is 4.56. The van der Waals surface area contributed by atoms with Crippen LogP contribution >= 0.6 is 0 Å². The highest BCUT2D eigenvalue weighted by molar-refractivity contribution is 5.83. The standard InChI is InChI=1S/C17H17NO.2C2H6/c1-12-13(2)18-14(3)16(10-7-11-19)17(12)15-8-5-4-6-9-15;2*1-2/h4-11H,1-3H3;2*1-2H3/b10-7+;;. The third-order valence-corrected chi connectivity index (χ3v) is 3.32. The minimum absolute atomic E-state index is 0.795. The van der Waals surface area contributed by atoms with E-state index < -0.39 is 0 Å². The monoisotopic (exact) mass is 311 g/mol. The molecule has 0 unspecified atom stereocenters. The Morgan fingerprint density at radius 1 is 0.870 bits per heavy atom. The lowest BCUT2D eigenvalue weighted by molar-refractivity contribution is -0.104. The van der Waals surface area contributed by atoms with E-state index in [1.807, 2.05) is 65.8 Å². The lowest BCUT2D eigenvalue weighted by Crippen LogP contribution is -1.99. The predicted octanol–water partition coefficient (Wildman–Crippen LogP) is 5.94. The van der Waals surface area contributed by atoms with Crippen molar-refractivity contribution in [3.8, 4) is 11.1 Å². The van der Waals surface area contributed by atoms with Crippen molar-refractivity contribution >= 4 is 12.4 Å². The van der Waals surface area contributed by atoms with Gasteiger partial charge in [0.15, 0.2) is 0 Å². The molecule has 1 aromatic carbocycles. The Kier molecular flexibility index (Phi) is 10.3. The summed E-state index contributed by atoms with van der Waals surface area (Å²) in [5.74, 6) is 0. The van der Waals surface area contributed by atoms with E-state index in [2.05, 4.69) is 24.0 Å². The number of rotatable bonds is 3. The average molecular weight is 311 g/mol. The maximum Gasteiger partial charge on any atom is 0.142 e. The van der Waals surface area contributed by atoms with E-state index in [1.54, 1.807) is 0 Å². The number of aromatic nitrogens is 1. The van der Waals surface area contributed by atoms with E-state index in [0.717, 1.165) is 39.9 Å². The van der Waals surface area contributed by atoms with Crippen LogP contribution in [0.4, 0.5) is 0 Å². The van der Waals surface area contributed by atoms with Gasteiger partial charge >= 0.3 is 0 Å². The summed E-state index contributed by atoms with van der Waals surface area (Å²) in [5, 5.41) is 0. The molecule has 0 saturated carbocycles. The van der Waals surface area contributed by atoms with Crippen LogP contribution in [0.25, 0.3) is 17.2 Å². The quantitative estimate of drug-likeness (QED) is 0.519. The van der Waals surface area contributed by atoms with Crippen LogP contribution in [0.3, 0.4) is 0 Å². The molecule has 0 bridgehead atoms. The highest BCUT2D eigenvalue weighted by Crippen LogP contribution is 2.31. The topological polar surface area (TPSA) is 30.0 Å². The summed E-state index contributed by atoms with van der Waals surface area (Å²) in [6.45, 7) is 14.1. The lowest BCUT2D eigenvalue weighted by Gasteiger charge is -2.15. The molecule has 0 atom stereocenters. The zero-order valence-electron chi connectivity index (χ0n) is 15.5. The number of carbonyl (C=O) groups is 1. The van der Waals surface area contributed by atoms with Crippen molar-refractivity contribution in [1.29, 1.82) is 0 Å². The van der Waals surface area contributed by atoms with Crippen LogP contribution in [0.5, 0.6) is 0 Å². The van der Waals surface area contributed by atoms with Gasteiger partial charge in [0, 0.05) is 17.0 Å². The zero-order valence-corrected chi connectivity index (χ0v) is 15.5. The van der Waals surface area contributed by atoms with Crippen molar-refractivity contribution in [3.05, 3.63) is 58.9 Å². The van der Waals surface area contributed by atoms with Gasteiger partial charge in [0.1, 0.15) is 6.29 Å². The van der Waals surface area contributed by atoms with Crippen LogP contribution in [0, 0.1) is 20.8 Å². The molecule has 2 aromatic rings. The molecule has 2 nitrogen and oxygen atoms in total. The first-order valence-electron chi connectivity index (χ1n) is 8.30. The number of nitrogens with zero attached hydrogens (tertiary/aromatic N) is 1. The first kappa shape index (κ1) is 20.8.